The SMILES string of the molecule is CC/N=C(/CN1CCCC1)c1cc(C(=O)CCc2ccc(F)cc2CC)c(C)cc1C. The summed E-state index contributed by atoms with van der Waals surface area (Å²) in [5.74, 6) is -0.0751. The third-order valence-electron chi connectivity index (χ3n) is 6.27. The molecule has 0 aliphatic carbocycles. The quantitative estimate of drug-likeness (QED) is 0.382. The van der Waals surface area contributed by atoms with Crippen LogP contribution in [0.3, 0.4) is 0 Å². The third kappa shape index (κ3) is 5.88. The average Bonchev–Trinajstić information content (AvgIpc) is 3.25. The van der Waals surface area contributed by atoms with Crippen LogP contribution in [0.5, 0.6) is 0 Å². The number of hydrogen-bond donors (Lipinski definition) is 0. The fourth-order valence-electron chi connectivity index (χ4n) is 4.58. The zero-order valence-electron chi connectivity index (χ0n) is 19.4. The van der Waals surface area contributed by atoms with Gasteiger partial charge in [0.05, 0.1) is 5.71 Å². The molecule has 1 heterocycles. The third-order valence-corrected chi connectivity index (χ3v) is 6.27. The maximum Gasteiger partial charge on any atom is 0.163 e. The minimum atomic E-state index is -0.216. The summed E-state index contributed by atoms with van der Waals surface area (Å²) in [6.45, 7) is 12.0. The van der Waals surface area contributed by atoms with E-state index in [1.807, 2.05) is 19.9 Å². The van der Waals surface area contributed by atoms with Crippen LogP contribution in [0.2, 0.25) is 0 Å². The van der Waals surface area contributed by atoms with Crippen molar-refractivity contribution in [3.05, 3.63) is 69.5 Å². The molecule has 1 fully saturated rings. The van der Waals surface area contributed by atoms with E-state index in [-0.39, 0.29) is 11.6 Å². The van der Waals surface area contributed by atoms with Gasteiger partial charge in [-0.3, -0.25) is 14.7 Å². The Kier molecular flexibility index (Phi) is 8.14. The van der Waals surface area contributed by atoms with Crippen LogP contribution in [-0.2, 0) is 12.8 Å². The van der Waals surface area contributed by atoms with Crippen LogP contribution >= 0.6 is 0 Å². The molecule has 166 valence electrons. The molecule has 0 radical (unpaired) electrons. The van der Waals surface area contributed by atoms with Crippen molar-refractivity contribution in [3.8, 4) is 0 Å². The Morgan fingerprint density at radius 1 is 1.00 bits per heavy atom. The lowest BCUT2D eigenvalue weighted by Crippen LogP contribution is -2.28. The number of ketones is 1. The molecule has 0 N–H and O–H groups in total. The van der Waals surface area contributed by atoms with Gasteiger partial charge in [0.15, 0.2) is 5.78 Å². The minimum absolute atomic E-state index is 0.141. The van der Waals surface area contributed by atoms with Crippen molar-refractivity contribution in [2.45, 2.75) is 59.8 Å². The summed E-state index contributed by atoms with van der Waals surface area (Å²) >= 11 is 0. The molecular formula is C27H35FN2O. The molecule has 0 aromatic heterocycles. The first-order chi connectivity index (χ1) is 14.9. The van der Waals surface area contributed by atoms with Gasteiger partial charge in [0.25, 0.3) is 0 Å². The van der Waals surface area contributed by atoms with Crippen LogP contribution in [0, 0.1) is 19.7 Å². The normalized spacial score (nSPS) is 14.9. The Balaban J connectivity index is 1.82. The second-order valence-electron chi connectivity index (χ2n) is 8.58. The first kappa shape index (κ1) is 23.3. The van der Waals surface area contributed by atoms with E-state index >= 15 is 0 Å². The Morgan fingerprint density at radius 2 is 1.71 bits per heavy atom. The van der Waals surface area contributed by atoms with E-state index in [4.69, 9.17) is 4.99 Å². The molecule has 0 saturated carbocycles. The summed E-state index contributed by atoms with van der Waals surface area (Å²) in [4.78, 5) is 20.4. The van der Waals surface area contributed by atoms with E-state index in [1.165, 1.54) is 24.5 Å². The molecule has 1 aliphatic rings. The number of Topliss-reactive ketones (excluding diaryl/α,β-unsaturated/α-hetero) is 1. The van der Waals surface area contributed by atoms with Gasteiger partial charge in [-0.15, -0.1) is 0 Å². The summed E-state index contributed by atoms with van der Waals surface area (Å²) in [7, 11) is 0. The molecule has 0 amide bonds. The highest BCUT2D eigenvalue weighted by Crippen LogP contribution is 2.22. The van der Waals surface area contributed by atoms with Gasteiger partial charge in [0.2, 0.25) is 0 Å². The molecule has 31 heavy (non-hydrogen) atoms. The molecule has 2 aromatic rings. The number of benzene rings is 2. The lowest BCUT2D eigenvalue weighted by molar-refractivity contribution is 0.0982. The van der Waals surface area contributed by atoms with Gasteiger partial charge in [-0.25, -0.2) is 4.39 Å². The van der Waals surface area contributed by atoms with Gasteiger partial charge >= 0.3 is 0 Å². The molecule has 0 unspecified atom stereocenters. The standard InChI is InChI=1S/C27H35FN2O/c1-5-21-16-23(28)11-9-22(21)10-12-27(31)25-17-24(19(3)15-20(25)4)26(29-6-2)18-30-13-7-8-14-30/h9,11,15-17H,5-8,10,12-14,18H2,1-4H3/b29-26-. The molecular weight excluding hydrogens is 387 g/mol. The zero-order chi connectivity index (χ0) is 22.4. The minimum Gasteiger partial charge on any atom is -0.298 e. The highest BCUT2D eigenvalue weighted by Gasteiger charge is 2.19. The number of nitrogens with zero attached hydrogens (tertiary/aromatic N) is 2. The molecule has 3 nitrogen and oxygen atoms in total. The van der Waals surface area contributed by atoms with E-state index in [9.17, 15) is 9.18 Å². The van der Waals surface area contributed by atoms with E-state index < -0.39 is 0 Å². The predicted molar refractivity (Wildman–Crippen MR) is 127 cm³/mol. The second-order valence-corrected chi connectivity index (χ2v) is 8.58. The van der Waals surface area contributed by atoms with Crippen molar-refractivity contribution in [2.24, 2.45) is 4.99 Å². The van der Waals surface area contributed by atoms with Crippen molar-refractivity contribution >= 4 is 11.5 Å². The van der Waals surface area contributed by atoms with Crippen LogP contribution < -0.4 is 0 Å². The van der Waals surface area contributed by atoms with Gasteiger partial charge in [-0.1, -0.05) is 19.1 Å². The summed E-state index contributed by atoms with van der Waals surface area (Å²) < 4.78 is 13.5. The topological polar surface area (TPSA) is 32.7 Å². The number of hydrogen-bond acceptors (Lipinski definition) is 3. The van der Waals surface area contributed by atoms with Gasteiger partial charge in [-0.05, 0) is 100.0 Å². The molecule has 1 saturated heterocycles. The number of likely N-dealkylation sites (tertiary alicyclic amines) is 1. The summed E-state index contributed by atoms with van der Waals surface area (Å²) in [6, 6.07) is 9.06. The van der Waals surface area contributed by atoms with E-state index in [0.717, 1.165) is 66.1 Å². The van der Waals surface area contributed by atoms with E-state index in [0.29, 0.717) is 12.8 Å². The Bertz CT molecular complexity index is 958. The fourth-order valence-corrected chi connectivity index (χ4v) is 4.58. The highest BCUT2D eigenvalue weighted by molar-refractivity contribution is 6.06. The number of aryl methyl sites for hydroxylation is 4. The van der Waals surface area contributed by atoms with Crippen molar-refractivity contribution in [2.75, 3.05) is 26.2 Å². The maximum absolute atomic E-state index is 13.5. The van der Waals surface area contributed by atoms with E-state index in [2.05, 4.69) is 30.9 Å². The average molecular weight is 423 g/mol. The van der Waals surface area contributed by atoms with Gasteiger partial charge in [0.1, 0.15) is 5.82 Å². The van der Waals surface area contributed by atoms with Crippen molar-refractivity contribution in [3.63, 3.8) is 0 Å². The Hall–Kier alpha value is -2.33. The van der Waals surface area contributed by atoms with Crippen molar-refractivity contribution in [1.82, 2.24) is 4.90 Å². The lowest BCUT2D eigenvalue weighted by Gasteiger charge is -2.19. The zero-order valence-corrected chi connectivity index (χ0v) is 19.4. The number of carbonyl (C=O) groups excluding carboxylic acids is 1. The first-order valence-electron chi connectivity index (χ1n) is 11.6. The monoisotopic (exact) mass is 422 g/mol. The highest BCUT2D eigenvalue weighted by atomic mass is 19.1. The number of aliphatic imine (C=N–C) groups is 1. The van der Waals surface area contributed by atoms with E-state index in [1.54, 1.807) is 6.07 Å². The first-order valence-corrected chi connectivity index (χ1v) is 11.6. The summed E-state index contributed by atoms with van der Waals surface area (Å²) in [5, 5.41) is 0. The van der Waals surface area contributed by atoms with Gasteiger partial charge in [-0.2, -0.15) is 0 Å². The molecule has 0 spiro atoms. The Labute approximate surface area is 186 Å². The molecule has 0 atom stereocenters. The van der Waals surface area contributed by atoms with Crippen LogP contribution in [0.4, 0.5) is 4.39 Å². The largest absolute Gasteiger partial charge is 0.298 e. The number of halogens is 1. The van der Waals surface area contributed by atoms with Crippen molar-refractivity contribution < 1.29 is 9.18 Å². The summed E-state index contributed by atoms with van der Waals surface area (Å²) in [6.07, 6.45) is 4.32. The molecule has 2 aromatic carbocycles. The Morgan fingerprint density at radius 3 is 2.39 bits per heavy atom. The molecule has 1 aliphatic heterocycles. The molecule has 4 heteroatoms. The molecule has 0 bridgehead atoms. The maximum atomic E-state index is 13.5. The second kappa shape index (κ2) is 10.8. The smallest absolute Gasteiger partial charge is 0.163 e. The number of rotatable bonds is 9. The fraction of sp³-hybridized carbons (Fsp3) is 0.481. The predicted octanol–water partition coefficient (Wildman–Crippen LogP) is 5.73. The van der Waals surface area contributed by atoms with Crippen LogP contribution in [0.15, 0.2) is 35.3 Å². The summed E-state index contributed by atoms with van der Waals surface area (Å²) in [5.41, 5.74) is 7.19. The lowest BCUT2D eigenvalue weighted by atomic mass is 9.92. The van der Waals surface area contributed by atoms with Crippen LogP contribution in [-0.4, -0.2) is 42.6 Å². The van der Waals surface area contributed by atoms with Crippen LogP contribution in [0.1, 0.15) is 71.3 Å². The van der Waals surface area contributed by atoms with Gasteiger partial charge in [0, 0.05) is 30.6 Å². The van der Waals surface area contributed by atoms with Crippen LogP contribution in [0.25, 0.3) is 0 Å². The van der Waals surface area contributed by atoms with Gasteiger partial charge < -0.3 is 0 Å². The number of carbonyl (C=O) groups is 1. The van der Waals surface area contributed by atoms with Crippen molar-refractivity contribution in [1.29, 1.82) is 0 Å². The molecule has 3 rings (SSSR count).